The van der Waals surface area contributed by atoms with Crippen LogP contribution in [-0.4, -0.2) is 23.0 Å². The number of nitrogens with one attached hydrogen (secondary N) is 1. The molecule has 116 valence electrons. The number of hydrogen-bond donors (Lipinski definition) is 2. The topological polar surface area (TPSA) is 90.1 Å². The first kappa shape index (κ1) is 15.0. The molecule has 0 fully saturated rings. The molecule has 7 heteroatoms. The number of nitrogens with zero attached hydrogens (tertiary/aromatic N) is 2. The highest BCUT2D eigenvalue weighted by molar-refractivity contribution is 7.14. The summed E-state index contributed by atoms with van der Waals surface area (Å²) in [6.45, 7) is 0. The molecule has 1 amide bonds. The summed E-state index contributed by atoms with van der Waals surface area (Å²) in [5, 5.41) is 5.08. The molecule has 0 aliphatic carbocycles. The largest absolute Gasteiger partial charge is 0.496 e. The second-order valence-corrected chi connectivity index (χ2v) is 5.49. The van der Waals surface area contributed by atoms with Crippen LogP contribution in [0.15, 0.2) is 48.0 Å². The Morgan fingerprint density at radius 1 is 1.26 bits per heavy atom. The monoisotopic (exact) mass is 326 g/mol. The number of thiazole rings is 1. The van der Waals surface area contributed by atoms with Gasteiger partial charge in [0.05, 0.1) is 18.4 Å². The summed E-state index contributed by atoms with van der Waals surface area (Å²) >= 11 is 1.33. The van der Waals surface area contributed by atoms with E-state index in [1.165, 1.54) is 17.5 Å². The van der Waals surface area contributed by atoms with Gasteiger partial charge in [-0.3, -0.25) is 10.1 Å². The molecule has 1 aromatic carbocycles. The molecule has 0 aliphatic rings. The Kier molecular flexibility index (Phi) is 4.20. The van der Waals surface area contributed by atoms with E-state index in [1.807, 2.05) is 29.6 Å². The second-order valence-electron chi connectivity index (χ2n) is 4.63. The van der Waals surface area contributed by atoms with E-state index in [-0.39, 0.29) is 11.7 Å². The lowest BCUT2D eigenvalue weighted by Gasteiger charge is -2.05. The van der Waals surface area contributed by atoms with E-state index in [4.69, 9.17) is 10.5 Å². The lowest BCUT2D eigenvalue weighted by atomic mass is 10.1. The fourth-order valence-electron chi connectivity index (χ4n) is 2.09. The Bertz CT molecular complexity index is 847. The smallest absolute Gasteiger partial charge is 0.261 e. The number of rotatable bonds is 4. The predicted octanol–water partition coefficient (Wildman–Crippen LogP) is 3.05. The molecule has 0 spiro atoms. The lowest BCUT2D eigenvalue weighted by Crippen LogP contribution is -2.14. The zero-order valence-corrected chi connectivity index (χ0v) is 13.1. The van der Waals surface area contributed by atoms with Gasteiger partial charge in [0.1, 0.15) is 11.6 Å². The molecule has 3 N–H and O–H groups in total. The van der Waals surface area contributed by atoms with Gasteiger partial charge in [-0.1, -0.05) is 12.1 Å². The fourth-order valence-corrected chi connectivity index (χ4v) is 2.79. The van der Waals surface area contributed by atoms with Gasteiger partial charge in [-0.25, -0.2) is 9.97 Å². The average Bonchev–Trinajstić information content (AvgIpc) is 3.03. The molecule has 0 radical (unpaired) electrons. The van der Waals surface area contributed by atoms with Crippen molar-refractivity contribution in [2.45, 2.75) is 0 Å². The summed E-state index contributed by atoms with van der Waals surface area (Å²) in [7, 11) is 1.61. The molecular formula is C16H14N4O2S. The Labute approximate surface area is 137 Å². The molecule has 0 unspecified atom stereocenters. The van der Waals surface area contributed by atoms with Crippen LogP contribution in [0.25, 0.3) is 11.3 Å². The highest BCUT2D eigenvalue weighted by Crippen LogP contribution is 2.32. The van der Waals surface area contributed by atoms with Gasteiger partial charge in [0.25, 0.3) is 5.91 Å². The van der Waals surface area contributed by atoms with E-state index in [0.29, 0.717) is 10.7 Å². The first-order chi connectivity index (χ1) is 11.2. The molecule has 3 rings (SSSR count). The number of nitrogen functional groups attached to an aromatic ring is 1. The number of methoxy groups -OCH3 is 1. The highest BCUT2D eigenvalue weighted by atomic mass is 32.1. The number of amides is 1. The van der Waals surface area contributed by atoms with Crippen LogP contribution >= 0.6 is 11.3 Å². The standard InChI is InChI=1S/C16H14N4O2S/c1-22-13-7-3-2-5-10(13)12-9-23-16(19-12)20-15(21)11-6-4-8-18-14(11)17/h2-9H,1H3,(H2,17,18)(H,19,20,21). The van der Waals surface area contributed by atoms with Crippen LogP contribution in [0.2, 0.25) is 0 Å². The molecule has 2 aromatic heterocycles. The summed E-state index contributed by atoms with van der Waals surface area (Å²) in [5.41, 5.74) is 7.63. The SMILES string of the molecule is COc1ccccc1-c1csc(NC(=O)c2cccnc2N)n1. The first-order valence-electron chi connectivity index (χ1n) is 6.80. The van der Waals surface area contributed by atoms with Crippen molar-refractivity contribution >= 4 is 28.2 Å². The maximum Gasteiger partial charge on any atom is 0.261 e. The number of ether oxygens (including phenoxy) is 1. The number of carbonyl (C=O) groups excluding carboxylic acids is 1. The van der Waals surface area contributed by atoms with E-state index < -0.39 is 0 Å². The van der Waals surface area contributed by atoms with Gasteiger partial charge >= 0.3 is 0 Å². The fraction of sp³-hybridized carbons (Fsp3) is 0.0625. The number of carbonyl (C=O) groups is 1. The van der Waals surface area contributed by atoms with Crippen LogP contribution in [0.4, 0.5) is 10.9 Å². The highest BCUT2D eigenvalue weighted by Gasteiger charge is 2.14. The van der Waals surface area contributed by atoms with Crippen LogP contribution in [-0.2, 0) is 0 Å². The minimum Gasteiger partial charge on any atom is -0.496 e. The van der Waals surface area contributed by atoms with Crippen molar-refractivity contribution in [1.29, 1.82) is 0 Å². The van der Waals surface area contributed by atoms with Gasteiger partial charge in [0.2, 0.25) is 0 Å². The van der Waals surface area contributed by atoms with Crippen molar-refractivity contribution < 1.29 is 9.53 Å². The molecule has 0 saturated carbocycles. The number of aromatic nitrogens is 2. The van der Waals surface area contributed by atoms with Crippen LogP contribution in [0, 0.1) is 0 Å². The lowest BCUT2D eigenvalue weighted by molar-refractivity contribution is 0.102. The van der Waals surface area contributed by atoms with E-state index in [0.717, 1.165) is 17.0 Å². The minimum atomic E-state index is -0.337. The van der Waals surface area contributed by atoms with E-state index in [2.05, 4.69) is 15.3 Å². The zero-order chi connectivity index (χ0) is 16.2. The van der Waals surface area contributed by atoms with Gasteiger partial charge < -0.3 is 10.5 Å². The Morgan fingerprint density at radius 2 is 2.09 bits per heavy atom. The number of anilines is 2. The van der Waals surface area contributed by atoms with Crippen LogP contribution in [0.5, 0.6) is 5.75 Å². The van der Waals surface area contributed by atoms with Crippen LogP contribution < -0.4 is 15.8 Å². The van der Waals surface area contributed by atoms with Crippen molar-refractivity contribution in [2.24, 2.45) is 0 Å². The van der Waals surface area contributed by atoms with Gasteiger partial charge in [-0.2, -0.15) is 0 Å². The molecule has 2 heterocycles. The molecule has 0 bridgehead atoms. The normalized spacial score (nSPS) is 10.3. The number of para-hydroxylation sites is 1. The minimum absolute atomic E-state index is 0.187. The first-order valence-corrected chi connectivity index (χ1v) is 7.68. The number of pyridine rings is 1. The summed E-state index contributed by atoms with van der Waals surface area (Å²) in [6, 6.07) is 10.9. The van der Waals surface area contributed by atoms with Crippen molar-refractivity contribution in [2.75, 3.05) is 18.2 Å². The quantitative estimate of drug-likeness (QED) is 0.769. The Balaban J connectivity index is 1.83. The maximum absolute atomic E-state index is 12.2. The van der Waals surface area contributed by atoms with Crippen LogP contribution in [0.3, 0.4) is 0 Å². The molecule has 6 nitrogen and oxygen atoms in total. The summed E-state index contributed by atoms with van der Waals surface area (Å²) in [6.07, 6.45) is 1.54. The summed E-state index contributed by atoms with van der Waals surface area (Å²) < 4.78 is 5.33. The maximum atomic E-state index is 12.2. The third-order valence-electron chi connectivity index (χ3n) is 3.19. The molecule has 3 aromatic rings. The third-order valence-corrected chi connectivity index (χ3v) is 3.95. The van der Waals surface area contributed by atoms with Crippen LogP contribution in [0.1, 0.15) is 10.4 Å². The predicted molar refractivity (Wildman–Crippen MR) is 90.7 cm³/mol. The van der Waals surface area contributed by atoms with E-state index in [1.54, 1.807) is 19.2 Å². The summed E-state index contributed by atoms with van der Waals surface area (Å²) in [4.78, 5) is 20.5. The van der Waals surface area contributed by atoms with Crippen molar-refractivity contribution in [3.05, 3.63) is 53.5 Å². The molecule has 0 atom stereocenters. The molecule has 23 heavy (non-hydrogen) atoms. The number of hydrogen-bond acceptors (Lipinski definition) is 6. The van der Waals surface area contributed by atoms with Crippen molar-refractivity contribution in [1.82, 2.24) is 9.97 Å². The Morgan fingerprint density at radius 3 is 2.87 bits per heavy atom. The molecular weight excluding hydrogens is 312 g/mol. The van der Waals surface area contributed by atoms with Gasteiger partial charge in [0.15, 0.2) is 5.13 Å². The van der Waals surface area contributed by atoms with Gasteiger partial charge in [-0.05, 0) is 24.3 Å². The van der Waals surface area contributed by atoms with Gasteiger partial charge in [-0.15, -0.1) is 11.3 Å². The van der Waals surface area contributed by atoms with Crippen molar-refractivity contribution in [3.63, 3.8) is 0 Å². The number of nitrogens with two attached hydrogens (primary N) is 1. The van der Waals surface area contributed by atoms with E-state index >= 15 is 0 Å². The number of benzene rings is 1. The molecule has 0 saturated heterocycles. The third kappa shape index (κ3) is 3.14. The van der Waals surface area contributed by atoms with E-state index in [9.17, 15) is 4.79 Å². The summed E-state index contributed by atoms with van der Waals surface area (Å²) in [5.74, 6) is 0.579. The Hall–Kier alpha value is -2.93. The molecule has 0 aliphatic heterocycles. The van der Waals surface area contributed by atoms with Crippen molar-refractivity contribution in [3.8, 4) is 17.0 Å². The van der Waals surface area contributed by atoms with Gasteiger partial charge in [0, 0.05) is 17.1 Å². The second kappa shape index (κ2) is 6.45. The average molecular weight is 326 g/mol. The zero-order valence-electron chi connectivity index (χ0n) is 12.3.